The number of nitrogens with one attached hydrogen (secondary N) is 1. The van der Waals surface area contributed by atoms with E-state index in [9.17, 15) is 8.42 Å². The molecule has 1 aromatic carbocycles. The summed E-state index contributed by atoms with van der Waals surface area (Å²) >= 11 is 0. The zero-order valence-corrected chi connectivity index (χ0v) is 18.4. The van der Waals surface area contributed by atoms with Crippen LogP contribution in [0.2, 0.25) is 0 Å². The molecule has 156 valence electrons. The number of benzene rings is 1. The van der Waals surface area contributed by atoms with Gasteiger partial charge < -0.3 is 10.2 Å². The van der Waals surface area contributed by atoms with Crippen molar-refractivity contribution in [3.63, 3.8) is 0 Å². The molecule has 2 aliphatic heterocycles. The molecule has 0 bridgehead atoms. The Kier molecular flexibility index (Phi) is 5.35. The summed E-state index contributed by atoms with van der Waals surface area (Å²) in [5.74, 6) is 1.65. The number of sulfonamides is 1. The molecule has 7 nitrogen and oxygen atoms in total. The van der Waals surface area contributed by atoms with Crippen LogP contribution in [-0.4, -0.2) is 61.3 Å². The number of fused-ring (bicyclic) bond motifs is 1. The molecule has 29 heavy (non-hydrogen) atoms. The zero-order chi connectivity index (χ0) is 20.8. The standard InChI is InChI=1S/C21H29N5O2S/c1-14-5-6-17(11-15(14)2)29(27,28)26-10-7-16(12-26)20-23-19-13-25(4)9-8-18(19)21(22-3)24-20/h5-6,11,16H,7-10,12-13H2,1-4H3,(H,22,23,24)/t16-/m1/s1. The molecule has 3 heterocycles. The van der Waals surface area contributed by atoms with Crippen molar-refractivity contribution in [3.8, 4) is 0 Å². The van der Waals surface area contributed by atoms with Crippen LogP contribution in [0.5, 0.6) is 0 Å². The van der Waals surface area contributed by atoms with Gasteiger partial charge in [-0.1, -0.05) is 6.07 Å². The van der Waals surface area contributed by atoms with E-state index in [1.165, 1.54) is 5.56 Å². The van der Waals surface area contributed by atoms with Crippen molar-refractivity contribution in [2.24, 2.45) is 0 Å². The molecule has 0 radical (unpaired) electrons. The Morgan fingerprint density at radius 3 is 2.66 bits per heavy atom. The Hall–Kier alpha value is -2.03. The first-order valence-corrected chi connectivity index (χ1v) is 11.6. The van der Waals surface area contributed by atoms with Gasteiger partial charge in [0.15, 0.2) is 0 Å². The summed E-state index contributed by atoms with van der Waals surface area (Å²) in [5.41, 5.74) is 4.33. The minimum absolute atomic E-state index is 0.0148. The summed E-state index contributed by atoms with van der Waals surface area (Å²) in [4.78, 5) is 12.2. The molecule has 2 aliphatic rings. The Bertz CT molecular complexity index is 1040. The summed E-state index contributed by atoms with van der Waals surface area (Å²) in [6, 6.07) is 5.34. The van der Waals surface area contributed by atoms with Gasteiger partial charge in [-0.05, 0) is 57.0 Å². The first kappa shape index (κ1) is 20.3. The van der Waals surface area contributed by atoms with Crippen LogP contribution in [0.4, 0.5) is 5.82 Å². The number of nitrogens with zero attached hydrogens (tertiary/aromatic N) is 4. The highest BCUT2D eigenvalue weighted by Crippen LogP contribution is 2.32. The molecular formula is C21H29N5O2S. The quantitative estimate of drug-likeness (QED) is 0.826. The highest BCUT2D eigenvalue weighted by Gasteiger charge is 2.35. The fraction of sp³-hybridized carbons (Fsp3) is 0.524. The van der Waals surface area contributed by atoms with E-state index in [2.05, 4.69) is 17.3 Å². The maximum Gasteiger partial charge on any atom is 0.243 e. The Balaban J connectivity index is 1.60. The first-order chi connectivity index (χ1) is 13.8. The van der Waals surface area contributed by atoms with Gasteiger partial charge in [0, 0.05) is 44.7 Å². The first-order valence-electron chi connectivity index (χ1n) is 10.1. The van der Waals surface area contributed by atoms with Crippen molar-refractivity contribution >= 4 is 15.8 Å². The molecule has 0 saturated carbocycles. The van der Waals surface area contributed by atoms with Crippen LogP contribution in [-0.2, 0) is 23.0 Å². The smallest absolute Gasteiger partial charge is 0.243 e. The van der Waals surface area contributed by atoms with Crippen LogP contribution < -0.4 is 5.32 Å². The van der Waals surface area contributed by atoms with Crippen molar-refractivity contribution < 1.29 is 8.42 Å². The largest absolute Gasteiger partial charge is 0.373 e. The van der Waals surface area contributed by atoms with Gasteiger partial charge in [0.25, 0.3) is 0 Å². The van der Waals surface area contributed by atoms with Crippen molar-refractivity contribution in [1.82, 2.24) is 19.2 Å². The number of rotatable bonds is 4. The number of hydrogen-bond donors (Lipinski definition) is 1. The van der Waals surface area contributed by atoms with E-state index in [0.717, 1.165) is 54.4 Å². The lowest BCUT2D eigenvalue weighted by molar-refractivity contribution is 0.306. The van der Waals surface area contributed by atoms with E-state index in [0.29, 0.717) is 18.0 Å². The third kappa shape index (κ3) is 3.76. The van der Waals surface area contributed by atoms with E-state index in [4.69, 9.17) is 9.97 Å². The second-order valence-corrected chi connectivity index (χ2v) is 10.1. The summed E-state index contributed by atoms with van der Waals surface area (Å²) in [6.45, 7) is 6.65. The topological polar surface area (TPSA) is 78.4 Å². The third-order valence-electron chi connectivity index (χ3n) is 6.14. The summed E-state index contributed by atoms with van der Waals surface area (Å²) in [5, 5.41) is 3.21. The Morgan fingerprint density at radius 2 is 1.93 bits per heavy atom. The summed E-state index contributed by atoms with van der Waals surface area (Å²) in [6.07, 6.45) is 1.67. The van der Waals surface area contributed by atoms with Gasteiger partial charge in [0.1, 0.15) is 11.6 Å². The summed E-state index contributed by atoms with van der Waals surface area (Å²) < 4.78 is 27.9. The van der Waals surface area contributed by atoms with Gasteiger partial charge in [-0.3, -0.25) is 0 Å². The van der Waals surface area contributed by atoms with E-state index in [-0.39, 0.29) is 5.92 Å². The van der Waals surface area contributed by atoms with Crippen molar-refractivity contribution in [3.05, 3.63) is 46.4 Å². The monoisotopic (exact) mass is 415 g/mol. The zero-order valence-electron chi connectivity index (χ0n) is 17.6. The predicted molar refractivity (Wildman–Crippen MR) is 114 cm³/mol. The average molecular weight is 416 g/mol. The summed E-state index contributed by atoms with van der Waals surface area (Å²) in [7, 11) is 0.472. The normalized spacial score (nSPS) is 20.6. The maximum absolute atomic E-state index is 13.1. The third-order valence-corrected chi connectivity index (χ3v) is 8.00. The molecular weight excluding hydrogens is 386 g/mol. The number of hydrogen-bond acceptors (Lipinski definition) is 6. The SMILES string of the molecule is CNc1nc([C@@H]2CCN(S(=O)(=O)c3ccc(C)c(C)c3)C2)nc2c1CCN(C)C2. The Morgan fingerprint density at radius 1 is 1.14 bits per heavy atom. The van der Waals surface area contributed by atoms with Gasteiger partial charge in [0.2, 0.25) is 10.0 Å². The fourth-order valence-corrected chi connectivity index (χ4v) is 5.74. The Labute approximate surface area is 173 Å². The lowest BCUT2D eigenvalue weighted by atomic mass is 10.0. The van der Waals surface area contributed by atoms with Crippen LogP contribution in [0.25, 0.3) is 0 Å². The van der Waals surface area contributed by atoms with E-state index in [1.54, 1.807) is 16.4 Å². The predicted octanol–water partition coefficient (Wildman–Crippen LogP) is 2.30. The van der Waals surface area contributed by atoms with Gasteiger partial charge in [-0.2, -0.15) is 4.31 Å². The second kappa shape index (κ2) is 7.66. The van der Waals surface area contributed by atoms with E-state index in [1.807, 2.05) is 27.0 Å². The number of anilines is 1. The molecule has 0 spiro atoms. The second-order valence-electron chi connectivity index (χ2n) is 8.19. The fourth-order valence-electron chi connectivity index (χ4n) is 4.15. The molecule has 2 aromatic rings. The number of aromatic nitrogens is 2. The molecule has 0 aliphatic carbocycles. The van der Waals surface area contributed by atoms with Gasteiger partial charge in [-0.25, -0.2) is 18.4 Å². The van der Waals surface area contributed by atoms with Crippen molar-refractivity contribution in [2.45, 2.75) is 44.0 Å². The van der Waals surface area contributed by atoms with Gasteiger partial charge in [0.05, 0.1) is 10.6 Å². The lowest BCUT2D eigenvalue weighted by Crippen LogP contribution is -2.30. The molecule has 1 N–H and O–H groups in total. The minimum Gasteiger partial charge on any atom is -0.373 e. The number of likely N-dealkylation sites (N-methyl/N-ethyl adjacent to an activating group) is 1. The van der Waals surface area contributed by atoms with Crippen molar-refractivity contribution in [1.29, 1.82) is 0 Å². The molecule has 0 amide bonds. The molecule has 1 saturated heterocycles. The number of aryl methyl sites for hydroxylation is 2. The van der Waals surface area contributed by atoms with Crippen LogP contribution in [0.1, 0.15) is 40.5 Å². The lowest BCUT2D eigenvalue weighted by Gasteiger charge is -2.26. The molecule has 1 aromatic heterocycles. The molecule has 0 unspecified atom stereocenters. The van der Waals surface area contributed by atoms with Crippen LogP contribution in [0, 0.1) is 13.8 Å². The molecule has 4 rings (SSSR count). The minimum atomic E-state index is -3.51. The molecule has 1 atom stereocenters. The van der Waals surface area contributed by atoms with Crippen LogP contribution in [0.3, 0.4) is 0 Å². The molecule has 1 fully saturated rings. The van der Waals surface area contributed by atoms with Crippen molar-refractivity contribution in [2.75, 3.05) is 39.0 Å². The maximum atomic E-state index is 13.1. The highest BCUT2D eigenvalue weighted by atomic mass is 32.2. The van der Waals surface area contributed by atoms with E-state index < -0.39 is 10.0 Å². The van der Waals surface area contributed by atoms with Crippen LogP contribution >= 0.6 is 0 Å². The van der Waals surface area contributed by atoms with Crippen LogP contribution in [0.15, 0.2) is 23.1 Å². The van der Waals surface area contributed by atoms with Gasteiger partial charge in [-0.15, -0.1) is 0 Å². The van der Waals surface area contributed by atoms with E-state index >= 15 is 0 Å². The average Bonchev–Trinajstić information content (AvgIpc) is 3.20. The molecule has 8 heteroatoms. The van der Waals surface area contributed by atoms with Gasteiger partial charge >= 0.3 is 0 Å². The highest BCUT2D eigenvalue weighted by molar-refractivity contribution is 7.89.